The summed E-state index contributed by atoms with van der Waals surface area (Å²) in [5.41, 5.74) is 1.05. The summed E-state index contributed by atoms with van der Waals surface area (Å²) in [7, 11) is 1.82. The zero-order valence-corrected chi connectivity index (χ0v) is 9.93. The van der Waals surface area contributed by atoms with Crippen molar-refractivity contribution in [3.63, 3.8) is 0 Å². The molecule has 16 heavy (non-hydrogen) atoms. The predicted molar refractivity (Wildman–Crippen MR) is 64.0 cm³/mol. The van der Waals surface area contributed by atoms with Crippen LogP contribution < -0.4 is 4.90 Å². The van der Waals surface area contributed by atoms with E-state index in [0.29, 0.717) is 10.1 Å². The standard InChI is InChI=1S/C11H6ClN3S/c1-15-9-4-8(12)2-3-10(9)16-11(15)7(5-13)6-14/h2-4H,1H3. The number of halogens is 1. The second-order valence-electron chi connectivity index (χ2n) is 3.18. The third-order valence-corrected chi connectivity index (χ3v) is 3.70. The molecule has 78 valence electrons. The predicted octanol–water partition coefficient (Wildman–Crippen LogP) is 3.14. The summed E-state index contributed by atoms with van der Waals surface area (Å²) in [4.78, 5) is 2.82. The number of hydrogen-bond donors (Lipinski definition) is 0. The average molecular weight is 248 g/mol. The number of hydrogen-bond acceptors (Lipinski definition) is 4. The Kier molecular flexibility index (Phi) is 2.78. The number of nitriles is 2. The van der Waals surface area contributed by atoms with Gasteiger partial charge in [-0.25, -0.2) is 0 Å². The van der Waals surface area contributed by atoms with Crippen molar-refractivity contribution >= 4 is 29.1 Å². The molecule has 0 saturated carbocycles. The molecule has 2 rings (SSSR count). The molecule has 0 aliphatic carbocycles. The number of benzene rings is 1. The fourth-order valence-electron chi connectivity index (χ4n) is 1.46. The summed E-state index contributed by atoms with van der Waals surface area (Å²) in [5.74, 6) is 0. The summed E-state index contributed by atoms with van der Waals surface area (Å²) in [6.07, 6.45) is 0. The topological polar surface area (TPSA) is 50.8 Å². The van der Waals surface area contributed by atoms with Crippen LogP contribution in [0.15, 0.2) is 33.7 Å². The first-order valence-electron chi connectivity index (χ1n) is 4.43. The zero-order chi connectivity index (χ0) is 11.7. The first-order valence-corrected chi connectivity index (χ1v) is 5.62. The Balaban J connectivity index is 2.55. The summed E-state index contributed by atoms with van der Waals surface area (Å²) >= 11 is 7.31. The van der Waals surface area contributed by atoms with E-state index < -0.39 is 0 Å². The van der Waals surface area contributed by atoms with Gasteiger partial charge >= 0.3 is 0 Å². The van der Waals surface area contributed by atoms with E-state index in [4.69, 9.17) is 22.1 Å². The van der Waals surface area contributed by atoms with Crippen molar-refractivity contribution in [2.45, 2.75) is 4.90 Å². The van der Waals surface area contributed by atoms with E-state index in [2.05, 4.69) is 0 Å². The molecule has 0 radical (unpaired) electrons. The van der Waals surface area contributed by atoms with Crippen LogP contribution in [0.5, 0.6) is 0 Å². The van der Waals surface area contributed by atoms with Gasteiger partial charge in [0.2, 0.25) is 0 Å². The maximum Gasteiger partial charge on any atom is 0.160 e. The molecule has 5 heteroatoms. The van der Waals surface area contributed by atoms with Gasteiger partial charge in [-0.05, 0) is 18.2 Å². The van der Waals surface area contributed by atoms with Gasteiger partial charge in [0.05, 0.1) is 5.69 Å². The van der Waals surface area contributed by atoms with Crippen molar-refractivity contribution in [2.24, 2.45) is 0 Å². The zero-order valence-electron chi connectivity index (χ0n) is 8.36. The molecule has 0 amide bonds. The molecule has 1 aromatic rings. The van der Waals surface area contributed by atoms with Gasteiger partial charge in [-0.1, -0.05) is 23.4 Å². The van der Waals surface area contributed by atoms with Crippen molar-refractivity contribution in [2.75, 3.05) is 11.9 Å². The Morgan fingerprint density at radius 1 is 1.38 bits per heavy atom. The minimum atomic E-state index is 0.125. The Labute approximate surface area is 103 Å². The minimum absolute atomic E-state index is 0.125. The van der Waals surface area contributed by atoms with Crippen molar-refractivity contribution in [1.29, 1.82) is 10.5 Å². The molecular formula is C11H6ClN3S. The van der Waals surface area contributed by atoms with E-state index in [1.807, 2.05) is 36.2 Å². The Morgan fingerprint density at radius 3 is 2.69 bits per heavy atom. The van der Waals surface area contributed by atoms with Crippen LogP contribution in [0.25, 0.3) is 0 Å². The van der Waals surface area contributed by atoms with Crippen LogP contribution >= 0.6 is 23.4 Å². The highest BCUT2D eigenvalue weighted by Gasteiger charge is 2.25. The molecular weight excluding hydrogens is 242 g/mol. The highest BCUT2D eigenvalue weighted by Crippen LogP contribution is 2.46. The lowest BCUT2D eigenvalue weighted by Gasteiger charge is -2.13. The molecule has 0 saturated heterocycles. The summed E-state index contributed by atoms with van der Waals surface area (Å²) in [5, 5.41) is 19.0. The van der Waals surface area contributed by atoms with Crippen LogP contribution in [0.4, 0.5) is 5.69 Å². The molecule has 1 aromatic carbocycles. The molecule has 0 fully saturated rings. The average Bonchev–Trinajstić information content (AvgIpc) is 2.59. The fourth-order valence-corrected chi connectivity index (χ4v) is 2.70. The van der Waals surface area contributed by atoms with Crippen LogP contribution in [0, 0.1) is 22.7 Å². The van der Waals surface area contributed by atoms with Gasteiger partial charge in [0.1, 0.15) is 17.2 Å². The van der Waals surface area contributed by atoms with Gasteiger partial charge in [-0.2, -0.15) is 10.5 Å². The van der Waals surface area contributed by atoms with Gasteiger partial charge in [0.25, 0.3) is 0 Å². The van der Waals surface area contributed by atoms with Crippen LogP contribution in [0.2, 0.25) is 5.02 Å². The molecule has 3 nitrogen and oxygen atoms in total. The monoisotopic (exact) mass is 247 g/mol. The highest BCUT2D eigenvalue weighted by atomic mass is 35.5. The lowest BCUT2D eigenvalue weighted by molar-refractivity contribution is 1.16. The lowest BCUT2D eigenvalue weighted by Crippen LogP contribution is -2.11. The maximum atomic E-state index is 8.84. The number of anilines is 1. The molecule has 1 heterocycles. The third kappa shape index (κ3) is 1.63. The van der Waals surface area contributed by atoms with Gasteiger partial charge in [0.15, 0.2) is 5.57 Å². The molecule has 1 aliphatic rings. The second-order valence-corrected chi connectivity index (χ2v) is 4.64. The number of fused-ring (bicyclic) bond motifs is 1. The van der Waals surface area contributed by atoms with Gasteiger partial charge in [0, 0.05) is 17.0 Å². The largest absolute Gasteiger partial charge is 0.336 e. The molecule has 0 bridgehead atoms. The first kappa shape index (κ1) is 10.9. The quantitative estimate of drug-likeness (QED) is 0.661. The van der Waals surface area contributed by atoms with Gasteiger partial charge in [-0.15, -0.1) is 0 Å². The van der Waals surface area contributed by atoms with E-state index in [-0.39, 0.29) is 5.57 Å². The lowest BCUT2D eigenvalue weighted by atomic mass is 10.3. The van der Waals surface area contributed by atoms with E-state index in [1.165, 1.54) is 11.8 Å². The Hall–Kier alpha value is -1.62. The van der Waals surface area contributed by atoms with E-state index in [9.17, 15) is 0 Å². The Bertz CT molecular complexity index is 550. The molecule has 0 aromatic heterocycles. The molecule has 0 spiro atoms. The third-order valence-electron chi connectivity index (χ3n) is 2.23. The normalized spacial score (nSPS) is 13.0. The van der Waals surface area contributed by atoms with Crippen LogP contribution in [0.3, 0.4) is 0 Å². The van der Waals surface area contributed by atoms with E-state index in [0.717, 1.165) is 10.6 Å². The highest BCUT2D eigenvalue weighted by molar-refractivity contribution is 8.03. The van der Waals surface area contributed by atoms with Crippen LogP contribution in [-0.4, -0.2) is 7.05 Å². The first-order chi connectivity index (χ1) is 7.67. The molecule has 1 aliphatic heterocycles. The molecule has 0 unspecified atom stereocenters. The van der Waals surface area contributed by atoms with Crippen molar-refractivity contribution in [1.82, 2.24) is 0 Å². The number of allylic oxidation sites excluding steroid dienone is 1. The number of rotatable bonds is 0. The minimum Gasteiger partial charge on any atom is -0.336 e. The smallest absolute Gasteiger partial charge is 0.160 e. The maximum absolute atomic E-state index is 8.84. The number of thioether (sulfide) groups is 1. The summed E-state index contributed by atoms with van der Waals surface area (Å²) < 4.78 is 0. The molecule has 0 N–H and O–H groups in total. The van der Waals surface area contributed by atoms with E-state index in [1.54, 1.807) is 6.07 Å². The second kappa shape index (κ2) is 4.09. The molecule has 0 atom stereocenters. The SMILES string of the molecule is CN1C(=C(C#N)C#N)Sc2ccc(Cl)cc21. The number of nitrogens with zero attached hydrogens (tertiary/aromatic N) is 3. The Morgan fingerprint density at radius 2 is 2.06 bits per heavy atom. The van der Waals surface area contributed by atoms with Crippen molar-refractivity contribution in [3.05, 3.63) is 33.8 Å². The summed E-state index contributed by atoms with van der Waals surface area (Å²) in [6.45, 7) is 0. The van der Waals surface area contributed by atoms with Crippen molar-refractivity contribution < 1.29 is 0 Å². The fraction of sp³-hybridized carbons (Fsp3) is 0.0909. The summed E-state index contributed by atoms with van der Waals surface area (Å²) in [6, 6.07) is 9.30. The van der Waals surface area contributed by atoms with Gasteiger partial charge < -0.3 is 4.90 Å². The van der Waals surface area contributed by atoms with Crippen LogP contribution in [-0.2, 0) is 0 Å². The van der Waals surface area contributed by atoms with Crippen LogP contribution in [0.1, 0.15) is 0 Å². The van der Waals surface area contributed by atoms with Crippen molar-refractivity contribution in [3.8, 4) is 12.1 Å². The van der Waals surface area contributed by atoms with Gasteiger partial charge in [-0.3, -0.25) is 0 Å². The van der Waals surface area contributed by atoms with E-state index >= 15 is 0 Å².